The van der Waals surface area contributed by atoms with Crippen molar-refractivity contribution in [3.05, 3.63) is 76.0 Å². The molecule has 2 atom stereocenters. The summed E-state index contributed by atoms with van der Waals surface area (Å²) in [6.07, 6.45) is 1.91. The molecule has 0 fully saturated rings. The minimum atomic E-state index is -0.676. The molecule has 1 amide bonds. The van der Waals surface area contributed by atoms with Crippen molar-refractivity contribution in [1.29, 1.82) is 0 Å². The van der Waals surface area contributed by atoms with Crippen molar-refractivity contribution < 1.29 is 9.90 Å². The molecule has 0 unspecified atom stereocenters. The number of phenolic OH excluding ortho intramolecular Hbond substituents is 1. The zero-order valence-electron chi connectivity index (χ0n) is 17.9. The van der Waals surface area contributed by atoms with Gasteiger partial charge in [0.2, 0.25) is 5.91 Å². The van der Waals surface area contributed by atoms with Crippen LogP contribution in [0.1, 0.15) is 46.0 Å². The third-order valence-electron chi connectivity index (χ3n) is 5.94. The Morgan fingerprint density at radius 3 is 2.68 bits per heavy atom. The quantitative estimate of drug-likeness (QED) is 0.421. The highest BCUT2D eigenvalue weighted by atomic mass is 16.3. The lowest BCUT2D eigenvalue weighted by atomic mass is 9.94. The van der Waals surface area contributed by atoms with Gasteiger partial charge in [0.15, 0.2) is 5.82 Å². The Morgan fingerprint density at radius 2 is 1.97 bits per heavy atom. The van der Waals surface area contributed by atoms with Gasteiger partial charge in [-0.2, -0.15) is 5.10 Å². The van der Waals surface area contributed by atoms with Crippen LogP contribution in [0.4, 0.5) is 5.82 Å². The van der Waals surface area contributed by atoms with Crippen molar-refractivity contribution in [2.75, 3.05) is 11.9 Å². The number of aromatic hydroxyl groups is 1. The summed E-state index contributed by atoms with van der Waals surface area (Å²) < 4.78 is 0. The first-order valence-electron chi connectivity index (χ1n) is 10.6. The molecule has 2 aromatic carbocycles. The van der Waals surface area contributed by atoms with Crippen LogP contribution in [0.15, 0.2) is 42.5 Å². The van der Waals surface area contributed by atoms with Crippen molar-refractivity contribution in [1.82, 2.24) is 15.5 Å². The number of nitrogens with two attached hydrogens (primary N) is 1. The van der Waals surface area contributed by atoms with Gasteiger partial charge in [0, 0.05) is 24.2 Å². The number of fused-ring (bicyclic) bond motifs is 1. The van der Waals surface area contributed by atoms with Crippen molar-refractivity contribution in [3.8, 4) is 5.75 Å². The number of aromatic nitrogens is 2. The van der Waals surface area contributed by atoms with E-state index in [0.29, 0.717) is 6.42 Å². The van der Waals surface area contributed by atoms with Crippen LogP contribution in [0.5, 0.6) is 5.75 Å². The molecular weight excluding hydrogens is 390 g/mol. The van der Waals surface area contributed by atoms with Crippen LogP contribution < -0.4 is 16.4 Å². The van der Waals surface area contributed by atoms with E-state index in [2.05, 4.69) is 33.0 Å². The highest BCUT2D eigenvalue weighted by molar-refractivity contribution is 5.82. The maximum Gasteiger partial charge on any atom is 0.237 e. The number of aryl methyl sites for hydroxylation is 2. The Balaban J connectivity index is 1.49. The predicted molar refractivity (Wildman–Crippen MR) is 121 cm³/mol. The van der Waals surface area contributed by atoms with Crippen LogP contribution >= 0.6 is 0 Å². The number of nitrogens with zero attached hydrogens (tertiary/aromatic N) is 1. The van der Waals surface area contributed by atoms with Crippen LogP contribution in [-0.2, 0) is 17.6 Å². The number of carbonyl (C=O) groups excluding carboxylic acids is 1. The largest absolute Gasteiger partial charge is 0.508 e. The minimum absolute atomic E-state index is 0.144. The van der Waals surface area contributed by atoms with Gasteiger partial charge in [-0.25, -0.2) is 0 Å². The number of hydrogen-bond acceptors (Lipinski definition) is 5. The molecule has 4 rings (SSSR count). The third-order valence-corrected chi connectivity index (χ3v) is 5.94. The SMILES string of the molecule is Cc1cc(O)cc(C)c1C[C@H](N)C(=O)N[C@@H]1CCNc2n[nH]c(Cc3ccccc3)c21. The molecular formula is C24H29N5O2. The lowest BCUT2D eigenvalue weighted by molar-refractivity contribution is -0.123. The van der Waals surface area contributed by atoms with Gasteiger partial charge in [-0.1, -0.05) is 30.3 Å². The number of hydrogen-bond donors (Lipinski definition) is 5. The standard InChI is InChI=1S/C24H29N5O2/c1-14-10-17(30)11-15(2)18(14)13-19(25)24(31)27-20-8-9-26-23-22(20)21(28-29-23)12-16-6-4-3-5-7-16/h3-7,10-11,19-20,30H,8-9,12-13,25H2,1-2H3,(H,27,31)(H2,26,28,29)/t19-,20+/m0/s1. The molecule has 31 heavy (non-hydrogen) atoms. The summed E-state index contributed by atoms with van der Waals surface area (Å²) >= 11 is 0. The minimum Gasteiger partial charge on any atom is -0.508 e. The van der Waals surface area contributed by atoms with E-state index in [1.807, 2.05) is 32.0 Å². The van der Waals surface area contributed by atoms with E-state index in [1.165, 1.54) is 5.56 Å². The van der Waals surface area contributed by atoms with Gasteiger partial charge < -0.3 is 21.5 Å². The Kier molecular flexibility index (Phi) is 5.95. The van der Waals surface area contributed by atoms with E-state index in [4.69, 9.17) is 5.73 Å². The van der Waals surface area contributed by atoms with Crippen molar-refractivity contribution in [2.45, 2.75) is 45.2 Å². The summed E-state index contributed by atoms with van der Waals surface area (Å²) in [5.41, 5.74) is 12.3. The molecule has 7 nitrogen and oxygen atoms in total. The molecule has 2 heterocycles. The number of aromatic amines is 1. The fourth-order valence-corrected chi connectivity index (χ4v) is 4.34. The summed E-state index contributed by atoms with van der Waals surface area (Å²) in [5.74, 6) is 0.836. The van der Waals surface area contributed by atoms with E-state index in [-0.39, 0.29) is 17.7 Å². The summed E-state index contributed by atoms with van der Waals surface area (Å²) in [4.78, 5) is 13.0. The second-order valence-corrected chi connectivity index (χ2v) is 8.27. The number of amides is 1. The van der Waals surface area contributed by atoms with Gasteiger partial charge in [-0.3, -0.25) is 9.89 Å². The van der Waals surface area contributed by atoms with Gasteiger partial charge in [0.1, 0.15) is 5.75 Å². The van der Waals surface area contributed by atoms with Crippen molar-refractivity contribution in [3.63, 3.8) is 0 Å². The van der Waals surface area contributed by atoms with E-state index < -0.39 is 6.04 Å². The molecule has 1 aliphatic rings. The van der Waals surface area contributed by atoms with Crippen LogP contribution in [-0.4, -0.2) is 33.8 Å². The normalized spacial score (nSPS) is 16.3. The van der Waals surface area contributed by atoms with Crippen LogP contribution in [0.2, 0.25) is 0 Å². The summed E-state index contributed by atoms with van der Waals surface area (Å²) in [6, 6.07) is 12.8. The van der Waals surface area contributed by atoms with Gasteiger partial charge in [-0.05, 0) is 61.1 Å². The highest BCUT2D eigenvalue weighted by Crippen LogP contribution is 2.32. The van der Waals surface area contributed by atoms with E-state index in [0.717, 1.165) is 53.2 Å². The first kappa shape index (κ1) is 20.9. The molecule has 1 aromatic heterocycles. The first-order chi connectivity index (χ1) is 14.9. The van der Waals surface area contributed by atoms with Crippen molar-refractivity contribution >= 4 is 11.7 Å². The smallest absolute Gasteiger partial charge is 0.237 e. The van der Waals surface area contributed by atoms with E-state index in [1.54, 1.807) is 12.1 Å². The monoisotopic (exact) mass is 419 g/mol. The maximum atomic E-state index is 13.0. The van der Waals surface area contributed by atoms with E-state index >= 15 is 0 Å². The Bertz CT molecular complexity index is 1050. The molecule has 0 spiro atoms. The number of anilines is 1. The number of H-pyrrole nitrogens is 1. The fourth-order valence-electron chi connectivity index (χ4n) is 4.34. The van der Waals surface area contributed by atoms with Gasteiger partial charge >= 0.3 is 0 Å². The molecule has 7 heteroatoms. The topological polar surface area (TPSA) is 116 Å². The number of phenols is 1. The molecule has 162 valence electrons. The van der Waals surface area contributed by atoms with Crippen LogP contribution in [0.3, 0.4) is 0 Å². The fraction of sp³-hybridized carbons (Fsp3) is 0.333. The number of benzene rings is 2. The Labute approximate surface area is 182 Å². The molecule has 0 radical (unpaired) electrons. The zero-order chi connectivity index (χ0) is 22.0. The zero-order valence-corrected chi connectivity index (χ0v) is 17.9. The average molecular weight is 420 g/mol. The molecule has 0 aliphatic carbocycles. The predicted octanol–water partition coefficient (Wildman–Crippen LogP) is 2.87. The third kappa shape index (κ3) is 4.56. The number of carbonyl (C=O) groups is 1. The molecule has 3 aromatic rings. The molecule has 0 saturated heterocycles. The van der Waals surface area contributed by atoms with Crippen LogP contribution in [0.25, 0.3) is 0 Å². The molecule has 6 N–H and O–H groups in total. The van der Waals surface area contributed by atoms with Gasteiger partial charge in [-0.15, -0.1) is 0 Å². The van der Waals surface area contributed by atoms with Crippen molar-refractivity contribution in [2.24, 2.45) is 5.73 Å². The van der Waals surface area contributed by atoms with E-state index in [9.17, 15) is 9.90 Å². The number of nitrogens with one attached hydrogen (secondary N) is 3. The second kappa shape index (κ2) is 8.81. The molecule has 0 saturated carbocycles. The number of rotatable bonds is 6. The average Bonchev–Trinajstić information content (AvgIpc) is 3.15. The summed E-state index contributed by atoms with van der Waals surface area (Å²) in [5, 5.41) is 23.8. The molecule has 0 bridgehead atoms. The lowest BCUT2D eigenvalue weighted by Gasteiger charge is -2.26. The Morgan fingerprint density at radius 1 is 1.26 bits per heavy atom. The highest BCUT2D eigenvalue weighted by Gasteiger charge is 2.29. The molecule has 1 aliphatic heterocycles. The maximum absolute atomic E-state index is 13.0. The lowest BCUT2D eigenvalue weighted by Crippen LogP contribution is -2.45. The summed E-state index contributed by atoms with van der Waals surface area (Å²) in [6.45, 7) is 4.58. The second-order valence-electron chi connectivity index (χ2n) is 8.27. The summed E-state index contributed by atoms with van der Waals surface area (Å²) in [7, 11) is 0. The Hall–Kier alpha value is -3.32. The van der Waals surface area contributed by atoms with Gasteiger partial charge in [0.05, 0.1) is 12.1 Å². The first-order valence-corrected chi connectivity index (χ1v) is 10.6. The van der Waals surface area contributed by atoms with Gasteiger partial charge in [0.25, 0.3) is 0 Å². The van der Waals surface area contributed by atoms with Crippen LogP contribution in [0, 0.1) is 13.8 Å².